The van der Waals surface area contributed by atoms with E-state index in [1.807, 2.05) is 6.92 Å². The number of ether oxygens (including phenoxy) is 1. The quantitative estimate of drug-likeness (QED) is 0.218. The number of carbonyl (C=O) groups is 3. The zero-order valence-electron chi connectivity index (χ0n) is 26.4. The molecule has 1 N–H and O–H groups in total. The van der Waals surface area contributed by atoms with Gasteiger partial charge in [0.15, 0.2) is 0 Å². The maximum atomic E-state index is 13.4. The van der Waals surface area contributed by atoms with Crippen molar-refractivity contribution in [2.24, 2.45) is 50.2 Å². The minimum atomic E-state index is -1.10. The highest BCUT2D eigenvalue weighted by Gasteiger charge is 2.71. The van der Waals surface area contributed by atoms with Gasteiger partial charge in [0.2, 0.25) is 0 Å². The lowest BCUT2D eigenvalue weighted by Crippen LogP contribution is -2.66. The van der Waals surface area contributed by atoms with Gasteiger partial charge in [-0.2, -0.15) is 0 Å². The van der Waals surface area contributed by atoms with Crippen LogP contribution in [0.2, 0.25) is 0 Å². The largest absolute Gasteiger partial charge is 0.481 e. The summed E-state index contributed by atoms with van der Waals surface area (Å²) >= 11 is 0. The van der Waals surface area contributed by atoms with Gasteiger partial charge in [-0.1, -0.05) is 66.2 Å². The summed E-state index contributed by atoms with van der Waals surface area (Å²) < 4.78 is 6.13. The van der Waals surface area contributed by atoms with E-state index in [4.69, 9.17) is 4.74 Å². The fourth-order valence-electron chi connectivity index (χ4n) is 11.1. The van der Waals surface area contributed by atoms with Crippen molar-refractivity contribution >= 4 is 17.7 Å². The molecule has 8 atom stereocenters. The van der Waals surface area contributed by atoms with Crippen molar-refractivity contribution in [2.75, 3.05) is 0 Å². The Hall–Kier alpha value is -1.91. The summed E-state index contributed by atoms with van der Waals surface area (Å²) in [6, 6.07) is 0. The normalized spacial score (nSPS) is 45.7. The molecule has 222 valence electrons. The van der Waals surface area contributed by atoms with Crippen molar-refractivity contribution in [3.8, 4) is 0 Å². The predicted octanol–water partition coefficient (Wildman–Crippen LogP) is 7.93. The summed E-state index contributed by atoms with van der Waals surface area (Å²) in [4.78, 5) is 39.4. The minimum absolute atomic E-state index is 0.0266. The Balaban J connectivity index is 1.60. The molecule has 40 heavy (non-hydrogen) atoms. The number of Topliss-reactive ketones (excluding diaryl/α,β-unsaturated/α-hetero) is 1. The number of aliphatic carboxylic acids is 1. The zero-order chi connectivity index (χ0) is 29.7. The Bertz CT molecular complexity index is 1190. The molecule has 5 heteroatoms. The number of carbonyl (C=O) groups excluding carboxylic acids is 2. The molecule has 0 aliphatic heterocycles. The third kappa shape index (κ3) is 3.73. The van der Waals surface area contributed by atoms with Gasteiger partial charge >= 0.3 is 11.9 Å². The third-order valence-electron chi connectivity index (χ3n) is 13.8. The standard InChI is InChI=1S/C35H52O5/c1-10-21(2)28(37)40-27-20-30(3,4)19-23-22-11-12-25-32(7)15-14-26(36)31(5,6)24(32)13-16-34(25,9)33(22,8)17-18-35(23,27)29(38)39/h10-11,23-25,27H,12-20H2,1-9H3,(H,38,39)/t23?,24?,25?,27?,32-,33+,34+,35-/m0/s1. The lowest BCUT2D eigenvalue weighted by atomic mass is 9.33. The van der Waals surface area contributed by atoms with Gasteiger partial charge in [-0.3, -0.25) is 9.59 Å². The number of allylic oxidation sites excluding steroid dienone is 3. The molecule has 0 amide bonds. The van der Waals surface area contributed by atoms with E-state index in [2.05, 4.69) is 54.5 Å². The molecule has 5 aliphatic carbocycles. The Morgan fingerprint density at radius 2 is 1.65 bits per heavy atom. The molecule has 5 aliphatic rings. The number of rotatable bonds is 3. The first-order valence-corrected chi connectivity index (χ1v) is 15.7. The van der Waals surface area contributed by atoms with Gasteiger partial charge in [0, 0.05) is 23.3 Å². The molecule has 4 unspecified atom stereocenters. The number of esters is 1. The van der Waals surface area contributed by atoms with Crippen LogP contribution < -0.4 is 0 Å². The Kier molecular flexibility index (Phi) is 6.69. The lowest BCUT2D eigenvalue weighted by molar-refractivity contribution is -0.206. The number of hydrogen-bond acceptors (Lipinski definition) is 4. The monoisotopic (exact) mass is 552 g/mol. The van der Waals surface area contributed by atoms with E-state index in [9.17, 15) is 19.5 Å². The number of hydrogen-bond donors (Lipinski definition) is 1. The predicted molar refractivity (Wildman–Crippen MR) is 156 cm³/mol. The molecular formula is C35H52O5. The second kappa shape index (κ2) is 9.04. The van der Waals surface area contributed by atoms with Gasteiger partial charge in [0.25, 0.3) is 0 Å². The van der Waals surface area contributed by atoms with Crippen LogP contribution in [0.15, 0.2) is 23.3 Å². The van der Waals surface area contributed by atoms with E-state index in [1.165, 1.54) is 5.57 Å². The lowest BCUT2D eigenvalue weighted by Gasteiger charge is -2.70. The molecule has 0 heterocycles. The van der Waals surface area contributed by atoms with Crippen LogP contribution in [0, 0.1) is 50.2 Å². The van der Waals surface area contributed by atoms with Crippen LogP contribution in [-0.2, 0) is 19.1 Å². The number of carboxylic acid groups (broad SMARTS) is 1. The highest BCUT2D eigenvalue weighted by molar-refractivity contribution is 5.88. The first-order chi connectivity index (χ1) is 18.4. The van der Waals surface area contributed by atoms with Gasteiger partial charge in [-0.05, 0) is 98.7 Å². The molecule has 5 nitrogen and oxygen atoms in total. The summed E-state index contributed by atoms with van der Waals surface area (Å²) in [6.45, 7) is 19.7. The topological polar surface area (TPSA) is 80.7 Å². The first-order valence-electron chi connectivity index (χ1n) is 15.7. The highest BCUT2D eigenvalue weighted by Crippen LogP contribution is 2.75. The fraction of sp³-hybridized carbons (Fsp3) is 0.800. The second-order valence-corrected chi connectivity index (χ2v) is 16.3. The summed E-state index contributed by atoms with van der Waals surface area (Å²) in [6.07, 6.45) is 10.9. The van der Waals surface area contributed by atoms with Crippen molar-refractivity contribution in [3.63, 3.8) is 0 Å². The van der Waals surface area contributed by atoms with Gasteiger partial charge in [-0.15, -0.1) is 0 Å². The molecule has 0 aromatic heterocycles. The van der Waals surface area contributed by atoms with Crippen molar-refractivity contribution in [2.45, 2.75) is 126 Å². The summed E-state index contributed by atoms with van der Waals surface area (Å²) in [7, 11) is 0. The van der Waals surface area contributed by atoms with Crippen LogP contribution in [0.5, 0.6) is 0 Å². The van der Waals surface area contributed by atoms with Gasteiger partial charge < -0.3 is 9.84 Å². The number of ketones is 1. The summed E-state index contributed by atoms with van der Waals surface area (Å²) in [5.74, 6) is -0.125. The summed E-state index contributed by atoms with van der Waals surface area (Å²) in [5, 5.41) is 11.0. The smallest absolute Gasteiger partial charge is 0.333 e. The molecule has 4 saturated carbocycles. The minimum Gasteiger partial charge on any atom is -0.481 e. The van der Waals surface area contributed by atoms with E-state index in [0.717, 1.165) is 38.5 Å². The van der Waals surface area contributed by atoms with Crippen LogP contribution in [0.1, 0.15) is 120 Å². The molecule has 0 aromatic carbocycles. The van der Waals surface area contributed by atoms with Gasteiger partial charge in [0.05, 0.1) is 0 Å². The van der Waals surface area contributed by atoms with Crippen molar-refractivity contribution in [1.29, 1.82) is 0 Å². The van der Waals surface area contributed by atoms with E-state index in [-0.39, 0.29) is 33.0 Å². The molecule has 0 spiro atoms. The molecule has 0 saturated heterocycles. The summed E-state index contributed by atoms with van der Waals surface area (Å²) in [5.41, 5.74) is 0.279. The molecule has 0 bridgehead atoms. The van der Waals surface area contributed by atoms with Crippen LogP contribution in [0.3, 0.4) is 0 Å². The van der Waals surface area contributed by atoms with Crippen LogP contribution in [0.25, 0.3) is 0 Å². The molecule has 5 rings (SSSR count). The zero-order valence-corrected chi connectivity index (χ0v) is 26.4. The van der Waals surface area contributed by atoms with E-state index < -0.39 is 23.5 Å². The Morgan fingerprint density at radius 3 is 2.27 bits per heavy atom. The number of carboxylic acids is 1. The molecule has 0 aromatic rings. The Labute approximate surface area is 241 Å². The fourth-order valence-corrected chi connectivity index (χ4v) is 11.1. The van der Waals surface area contributed by atoms with Gasteiger partial charge in [-0.25, -0.2) is 4.79 Å². The average molecular weight is 553 g/mol. The third-order valence-corrected chi connectivity index (χ3v) is 13.8. The first kappa shape index (κ1) is 29.6. The number of fused-ring (bicyclic) bond motifs is 7. The van der Waals surface area contributed by atoms with Crippen molar-refractivity contribution in [3.05, 3.63) is 23.3 Å². The SMILES string of the molecule is CC=C(C)C(=O)OC1CC(C)(C)CC2C3=CCC4[C@@]5(C)CCC(=O)C(C)(C)C5CC[C@@]4(C)[C@]3(C)CC[C@@]12C(=O)O. The van der Waals surface area contributed by atoms with Crippen LogP contribution >= 0.6 is 0 Å². The van der Waals surface area contributed by atoms with Crippen molar-refractivity contribution < 1.29 is 24.2 Å². The van der Waals surface area contributed by atoms with Crippen LogP contribution in [0.4, 0.5) is 0 Å². The van der Waals surface area contributed by atoms with Crippen molar-refractivity contribution in [1.82, 2.24) is 0 Å². The van der Waals surface area contributed by atoms with E-state index >= 15 is 0 Å². The maximum absolute atomic E-state index is 13.4. The maximum Gasteiger partial charge on any atom is 0.333 e. The van der Waals surface area contributed by atoms with Gasteiger partial charge in [0.1, 0.15) is 17.3 Å². The highest BCUT2D eigenvalue weighted by atomic mass is 16.5. The molecule has 4 fully saturated rings. The average Bonchev–Trinajstić information content (AvgIpc) is 2.85. The Morgan fingerprint density at radius 1 is 0.975 bits per heavy atom. The second-order valence-electron chi connectivity index (χ2n) is 16.3. The van der Waals surface area contributed by atoms with E-state index in [0.29, 0.717) is 42.5 Å². The van der Waals surface area contributed by atoms with E-state index in [1.54, 1.807) is 13.0 Å². The molecular weight excluding hydrogens is 500 g/mol. The molecule has 0 radical (unpaired) electrons. The van der Waals surface area contributed by atoms with Crippen LogP contribution in [-0.4, -0.2) is 28.9 Å².